The SMILES string of the molecule is CN(C(=O)c1cccc(NC(=S)NC(=O)C2CC2)c1)c1ccccc1. The maximum atomic E-state index is 12.7. The van der Waals surface area contributed by atoms with E-state index in [1.54, 1.807) is 36.2 Å². The number of hydrogen-bond donors (Lipinski definition) is 2. The van der Waals surface area contributed by atoms with Crippen LogP contribution in [0.4, 0.5) is 11.4 Å². The minimum atomic E-state index is -0.122. The summed E-state index contributed by atoms with van der Waals surface area (Å²) in [4.78, 5) is 26.0. The highest BCUT2D eigenvalue weighted by Crippen LogP contribution is 2.28. The Kier molecular flexibility index (Phi) is 5.09. The number of amides is 2. The van der Waals surface area contributed by atoms with Crippen LogP contribution in [0.25, 0.3) is 0 Å². The molecular formula is C19H19N3O2S. The van der Waals surface area contributed by atoms with Crippen molar-refractivity contribution in [3.63, 3.8) is 0 Å². The Morgan fingerprint density at radius 2 is 1.80 bits per heavy atom. The van der Waals surface area contributed by atoms with Crippen LogP contribution in [-0.2, 0) is 4.79 Å². The quantitative estimate of drug-likeness (QED) is 0.829. The van der Waals surface area contributed by atoms with Gasteiger partial charge in [0.25, 0.3) is 5.91 Å². The number of anilines is 2. The van der Waals surface area contributed by atoms with Crippen LogP contribution in [0.3, 0.4) is 0 Å². The number of hydrogen-bond acceptors (Lipinski definition) is 3. The predicted molar refractivity (Wildman–Crippen MR) is 103 cm³/mol. The lowest BCUT2D eigenvalue weighted by molar-refractivity contribution is -0.120. The van der Waals surface area contributed by atoms with Gasteiger partial charge < -0.3 is 15.5 Å². The maximum Gasteiger partial charge on any atom is 0.258 e. The molecule has 0 radical (unpaired) electrons. The van der Waals surface area contributed by atoms with Crippen molar-refractivity contribution in [2.75, 3.05) is 17.3 Å². The molecule has 0 atom stereocenters. The topological polar surface area (TPSA) is 61.4 Å². The molecule has 2 N–H and O–H groups in total. The van der Waals surface area contributed by atoms with Crippen molar-refractivity contribution >= 4 is 40.5 Å². The van der Waals surface area contributed by atoms with Crippen molar-refractivity contribution in [2.45, 2.75) is 12.8 Å². The summed E-state index contributed by atoms with van der Waals surface area (Å²) in [7, 11) is 1.73. The average molecular weight is 353 g/mol. The van der Waals surface area contributed by atoms with E-state index in [1.165, 1.54) is 0 Å². The lowest BCUT2D eigenvalue weighted by atomic mass is 10.1. The number of para-hydroxylation sites is 1. The number of nitrogens with one attached hydrogen (secondary N) is 2. The van der Waals surface area contributed by atoms with Gasteiger partial charge in [0.15, 0.2) is 5.11 Å². The summed E-state index contributed by atoms with van der Waals surface area (Å²) in [5.41, 5.74) is 2.01. The molecule has 5 nitrogen and oxygen atoms in total. The van der Waals surface area contributed by atoms with E-state index < -0.39 is 0 Å². The first-order chi connectivity index (χ1) is 12.0. The van der Waals surface area contributed by atoms with Gasteiger partial charge in [0.2, 0.25) is 5.91 Å². The van der Waals surface area contributed by atoms with E-state index in [9.17, 15) is 9.59 Å². The zero-order valence-corrected chi connectivity index (χ0v) is 14.7. The summed E-state index contributed by atoms with van der Waals surface area (Å²) in [6, 6.07) is 16.5. The molecule has 2 aromatic carbocycles. The molecule has 0 heterocycles. The zero-order chi connectivity index (χ0) is 17.8. The second kappa shape index (κ2) is 7.44. The van der Waals surface area contributed by atoms with Crippen molar-refractivity contribution in [1.29, 1.82) is 0 Å². The fourth-order valence-corrected chi connectivity index (χ4v) is 2.63. The molecule has 0 bridgehead atoms. The van der Waals surface area contributed by atoms with Crippen molar-refractivity contribution in [2.24, 2.45) is 5.92 Å². The Morgan fingerprint density at radius 3 is 2.48 bits per heavy atom. The van der Waals surface area contributed by atoms with Crippen LogP contribution in [0.5, 0.6) is 0 Å². The molecule has 2 amide bonds. The molecule has 128 valence electrons. The van der Waals surface area contributed by atoms with E-state index >= 15 is 0 Å². The van der Waals surface area contributed by atoms with Crippen LogP contribution in [0, 0.1) is 5.92 Å². The first-order valence-electron chi connectivity index (χ1n) is 8.09. The molecule has 0 saturated heterocycles. The highest BCUT2D eigenvalue weighted by atomic mass is 32.1. The van der Waals surface area contributed by atoms with Gasteiger partial charge in [-0.25, -0.2) is 0 Å². The summed E-state index contributed by atoms with van der Waals surface area (Å²) in [5, 5.41) is 5.88. The van der Waals surface area contributed by atoms with Gasteiger partial charge in [-0.05, 0) is 55.4 Å². The zero-order valence-electron chi connectivity index (χ0n) is 13.9. The second-order valence-electron chi connectivity index (χ2n) is 6.00. The summed E-state index contributed by atoms with van der Waals surface area (Å²) in [6.07, 6.45) is 1.84. The van der Waals surface area contributed by atoms with Gasteiger partial charge in [0, 0.05) is 29.9 Å². The van der Waals surface area contributed by atoms with Crippen molar-refractivity contribution < 1.29 is 9.59 Å². The summed E-state index contributed by atoms with van der Waals surface area (Å²) in [5.74, 6) is -0.0801. The minimum absolute atomic E-state index is 0.0476. The molecule has 0 spiro atoms. The summed E-state index contributed by atoms with van der Waals surface area (Å²) >= 11 is 5.16. The first kappa shape index (κ1) is 17.1. The smallest absolute Gasteiger partial charge is 0.258 e. The molecule has 2 aromatic rings. The number of carbonyl (C=O) groups is 2. The predicted octanol–water partition coefficient (Wildman–Crippen LogP) is 3.19. The fourth-order valence-electron chi connectivity index (χ4n) is 2.41. The normalized spacial score (nSPS) is 13.0. The van der Waals surface area contributed by atoms with Crippen LogP contribution in [0.15, 0.2) is 54.6 Å². The van der Waals surface area contributed by atoms with E-state index in [0.29, 0.717) is 11.3 Å². The number of rotatable bonds is 4. The molecule has 1 fully saturated rings. The lowest BCUT2D eigenvalue weighted by Crippen LogP contribution is -2.35. The Bertz CT molecular complexity index is 803. The molecule has 0 aliphatic heterocycles. The van der Waals surface area contributed by atoms with E-state index in [0.717, 1.165) is 18.5 Å². The first-order valence-corrected chi connectivity index (χ1v) is 8.50. The molecular weight excluding hydrogens is 334 g/mol. The highest BCUT2D eigenvalue weighted by Gasteiger charge is 2.30. The van der Waals surface area contributed by atoms with Crippen LogP contribution in [-0.4, -0.2) is 24.0 Å². The summed E-state index contributed by atoms with van der Waals surface area (Å²) < 4.78 is 0. The van der Waals surface area contributed by atoms with E-state index in [2.05, 4.69) is 10.6 Å². The van der Waals surface area contributed by atoms with Gasteiger partial charge in [-0.2, -0.15) is 0 Å². The van der Waals surface area contributed by atoms with Gasteiger partial charge in [0.05, 0.1) is 0 Å². The van der Waals surface area contributed by atoms with Crippen LogP contribution >= 0.6 is 12.2 Å². The molecule has 1 aliphatic rings. The maximum absolute atomic E-state index is 12.7. The van der Waals surface area contributed by atoms with Crippen molar-refractivity contribution in [3.05, 3.63) is 60.2 Å². The number of thiocarbonyl (C=S) groups is 1. The van der Waals surface area contributed by atoms with E-state index in [-0.39, 0.29) is 22.8 Å². The highest BCUT2D eigenvalue weighted by molar-refractivity contribution is 7.80. The largest absolute Gasteiger partial charge is 0.332 e. The Labute approximate surface area is 152 Å². The van der Waals surface area contributed by atoms with Crippen LogP contribution in [0.1, 0.15) is 23.2 Å². The number of nitrogens with zero attached hydrogens (tertiary/aromatic N) is 1. The van der Waals surface area contributed by atoms with Gasteiger partial charge in [-0.15, -0.1) is 0 Å². The van der Waals surface area contributed by atoms with Gasteiger partial charge in [-0.1, -0.05) is 24.3 Å². The Morgan fingerprint density at radius 1 is 1.08 bits per heavy atom. The molecule has 3 rings (SSSR count). The lowest BCUT2D eigenvalue weighted by Gasteiger charge is -2.18. The monoisotopic (exact) mass is 353 g/mol. The number of benzene rings is 2. The summed E-state index contributed by atoms with van der Waals surface area (Å²) in [6.45, 7) is 0. The van der Waals surface area contributed by atoms with Crippen molar-refractivity contribution in [3.8, 4) is 0 Å². The fraction of sp³-hybridized carbons (Fsp3) is 0.211. The molecule has 0 aromatic heterocycles. The second-order valence-corrected chi connectivity index (χ2v) is 6.41. The third kappa shape index (κ3) is 4.42. The molecule has 25 heavy (non-hydrogen) atoms. The number of carbonyl (C=O) groups excluding carboxylic acids is 2. The Balaban J connectivity index is 1.67. The van der Waals surface area contributed by atoms with Gasteiger partial charge in [-0.3, -0.25) is 9.59 Å². The molecule has 0 unspecified atom stereocenters. The van der Waals surface area contributed by atoms with Crippen LogP contribution < -0.4 is 15.5 Å². The van der Waals surface area contributed by atoms with Crippen LogP contribution in [0.2, 0.25) is 0 Å². The molecule has 1 aliphatic carbocycles. The minimum Gasteiger partial charge on any atom is -0.332 e. The third-order valence-corrected chi connectivity index (χ3v) is 4.20. The third-order valence-electron chi connectivity index (χ3n) is 4.00. The average Bonchev–Trinajstić information content (AvgIpc) is 3.46. The van der Waals surface area contributed by atoms with E-state index in [1.807, 2.05) is 30.3 Å². The molecule has 1 saturated carbocycles. The van der Waals surface area contributed by atoms with E-state index in [4.69, 9.17) is 12.2 Å². The van der Waals surface area contributed by atoms with Gasteiger partial charge >= 0.3 is 0 Å². The van der Waals surface area contributed by atoms with Gasteiger partial charge in [0.1, 0.15) is 0 Å². The standard InChI is InChI=1S/C19H19N3O2S/c1-22(16-8-3-2-4-9-16)18(24)14-6-5-7-15(12-14)20-19(25)21-17(23)13-10-11-13/h2-9,12-13H,10-11H2,1H3,(H2,20,21,23,25). The Hall–Kier alpha value is -2.73. The molecule has 6 heteroatoms. The van der Waals surface area contributed by atoms with Crippen molar-refractivity contribution in [1.82, 2.24) is 5.32 Å².